The molecule has 9 heavy (non-hydrogen) atoms. The number of hydrogen-bond donors (Lipinski definition) is 1. The van der Waals surface area contributed by atoms with Crippen molar-refractivity contribution in [1.29, 1.82) is 0 Å². The zero-order valence-electron chi connectivity index (χ0n) is 5.97. The van der Waals surface area contributed by atoms with Crippen LogP contribution in [-0.2, 0) is 4.74 Å². The molecule has 0 aromatic rings. The normalized spacial score (nSPS) is 34.0. The van der Waals surface area contributed by atoms with E-state index < -0.39 is 0 Å². The van der Waals surface area contributed by atoms with Gasteiger partial charge in [-0.15, -0.1) is 0 Å². The second-order valence-electron chi connectivity index (χ2n) is 2.72. The lowest BCUT2D eigenvalue weighted by Gasteiger charge is -2.31. The molecular formula is C7H15NO. The molecule has 1 rings (SSSR count). The van der Waals surface area contributed by atoms with Crippen LogP contribution in [0.25, 0.3) is 0 Å². The Balaban J connectivity index is 1.91. The summed E-state index contributed by atoms with van der Waals surface area (Å²) in [7, 11) is 0. The van der Waals surface area contributed by atoms with Crippen LogP contribution < -0.4 is 5.73 Å². The van der Waals surface area contributed by atoms with E-state index in [1.54, 1.807) is 0 Å². The first-order valence-electron chi connectivity index (χ1n) is 3.70. The molecule has 1 fully saturated rings. The van der Waals surface area contributed by atoms with Crippen LogP contribution in [0.2, 0.25) is 0 Å². The monoisotopic (exact) mass is 129 g/mol. The third-order valence-electron chi connectivity index (χ3n) is 1.69. The van der Waals surface area contributed by atoms with Gasteiger partial charge in [0.2, 0.25) is 0 Å². The van der Waals surface area contributed by atoms with Crippen LogP contribution in [0.15, 0.2) is 0 Å². The Labute approximate surface area is 56.4 Å². The Hall–Kier alpha value is -0.0800. The fourth-order valence-corrected chi connectivity index (χ4v) is 1.03. The molecule has 0 aromatic heterocycles. The molecule has 2 N–H and O–H groups in total. The largest absolute Gasteiger partial charge is 0.378 e. The average molecular weight is 129 g/mol. The van der Waals surface area contributed by atoms with Gasteiger partial charge in [-0.05, 0) is 19.3 Å². The molecule has 0 saturated heterocycles. The molecule has 2 heteroatoms. The summed E-state index contributed by atoms with van der Waals surface area (Å²) in [6.45, 7) is 3.02. The number of rotatable bonds is 3. The standard InChI is InChI=1S/C7H15NO/c1-2-3-9-7-4-6(8)5-7/h6-7H,2-5,8H2,1H3. The van der Waals surface area contributed by atoms with Crippen LogP contribution in [-0.4, -0.2) is 18.8 Å². The maximum atomic E-state index is 5.56. The lowest BCUT2D eigenvalue weighted by Crippen LogP contribution is -2.41. The average Bonchev–Trinajstić information content (AvgIpc) is 1.78. The van der Waals surface area contributed by atoms with Gasteiger partial charge >= 0.3 is 0 Å². The molecule has 0 unspecified atom stereocenters. The highest BCUT2D eigenvalue weighted by Gasteiger charge is 2.25. The maximum absolute atomic E-state index is 5.56. The molecular weight excluding hydrogens is 114 g/mol. The van der Waals surface area contributed by atoms with Crippen molar-refractivity contribution in [2.45, 2.75) is 38.3 Å². The van der Waals surface area contributed by atoms with Crippen molar-refractivity contribution in [2.24, 2.45) is 5.73 Å². The highest BCUT2D eigenvalue weighted by atomic mass is 16.5. The van der Waals surface area contributed by atoms with E-state index >= 15 is 0 Å². The molecule has 0 spiro atoms. The first-order valence-corrected chi connectivity index (χ1v) is 3.70. The highest BCUT2D eigenvalue weighted by Crippen LogP contribution is 2.20. The van der Waals surface area contributed by atoms with Gasteiger partial charge in [0, 0.05) is 12.6 Å². The van der Waals surface area contributed by atoms with E-state index in [4.69, 9.17) is 10.5 Å². The Morgan fingerprint density at radius 1 is 1.56 bits per heavy atom. The summed E-state index contributed by atoms with van der Waals surface area (Å²) in [5, 5.41) is 0. The minimum absolute atomic E-state index is 0.423. The molecule has 54 valence electrons. The predicted octanol–water partition coefficient (Wildman–Crippen LogP) is 0.903. The SMILES string of the molecule is CCCOC1CC(N)C1. The van der Waals surface area contributed by atoms with Crippen LogP contribution in [0.4, 0.5) is 0 Å². The summed E-state index contributed by atoms with van der Waals surface area (Å²) >= 11 is 0. The molecule has 0 atom stereocenters. The van der Waals surface area contributed by atoms with Gasteiger partial charge in [-0.1, -0.05) is 6.92 Å². The Morgan fingerprint density at radius 2 is 2.22 bits per heavy atom. The Morgan fingerprint density at radius 3 is 2.67 bits per heavy atom. The second-order valence-corrected chi connectivity index (χ2v) is 2.72. The van der Waals surface area contributed by atoms with Gasteiger partial charge in [-0.2, -0.15) is 0 Å². The number of ether oxygens (including phenoxy) is 1. The van der Waals surface area contributed by atoms with Crippen LogP contribution in [0.1, 0.15) is 26.2 Å². The third kappa shape index (κ3) is 1.95. The van der Waals surface area contributed by atoms with Crippen LogP contribution in [0.3, 0.4) is 0 Å². The van der Waals surface area contributed by atoms with Crippen molar-refractivity contribution < 1.29 is 4.74 Å². The summed E-state index contributed by atoms with van der Waals surface area (Å²) in [6.07, 6.45) is 3.74. The second kappa shape index (κ2) is 3.18. The lowest BCUT2D eigenvalue weighted by molar-refractivity contribution is -0.00780. The van der Waals surface area contributed by atoms with Crippen molar-refractivity contribution in [3.8, 4) is 0 Å². The fourth-order valence-electron chi connectivity index (χ4n) is 1.03. The van der Waals surface area contributed by atoms with E-state index in [-0.39, 0.29) is 0 Å². The molecule has 0 radical (unpaired) electrons. The van der Waals surface area contributed by atoms with Gasteiger partial charge in [-0.3, -0.25) is 0 Å². The molecule has 1 saturated carbocycles. The van der Waals surface area contributed by atoms with Crippen molar-refractivity contribution in [3.63, 3.8) is 0 Å². The molecule has 0 aromatic carbocycles. The summed E-state index contributed by atoms with van der Waals surface area (Å²) in [5.41, 5.74) is 5.56. The molecule has 0 heterocycles. The predicted molar refractivity (Wildman–Crippen MR) is 37.2 cm³/mol. The maximum Gasteiger partial charge on any atom is 0.0604 e. The van der Waals surface area contributed by atoms with E-state index in [0.717, 1.165) is 25.9 Å². The van der Waals surface area contributed by atoms with Gasteiger partial charge in [0.05, 0.1) is 6.10 Å². The van der Waals surface area contributed by atoms with E-state index in [1.165, 1.54) is 0 Å². The van der Waals surface area contributed by atoms with E-state index in [0.29, 0.717) is 12.1 Å². The van der Waals surface area contributed by atoms with Gasteiger partial charge in [0.25, 0.3) is 0 Å². The Kier molecular flexibility index (Phi) is 2.49. The lowest BCUT2D eigenvalue weighted by atomic mass is 9.90. The minimum Gasteiger partial charge on any atom is -0.378 e. The van der Waals surface area contributed by atoms with Gasteiger partial charge in [0.1, 0.15) is 0 Å². The van der Waals surface area contributed by atoms with Crippen molar-refractivity contribution >= 4 is 0 Å². The summed E-state index contributed by atoms with van der Waals surface area (Å²) in [4.78, 5) is 0. The fraction of sp³-hybridized carbons (Fsp3) is 1.00. The topological polar surface area (TPSA) is 35.2 Å². The van der Waals surface area contributed by atoms with Crippen molar-refractivity contribution in [2.75, 3.05) is 6.61 Å². The highest BCUT2D eigenvalue weighted by molar-refractivity contribution is 4.82. The summed E-state index contributed by atoms with van der Waals surface area (Å²) in [5.74, 6) is 0. The molecule has 1 aliphatic rings. The Bertz CT molecular complexity index is 79.0. The van der Waals surface area contributed by atoms with E-state index in [1.807, 2.05) is 0 Å². The van der Waals surface area contributed by atoms with Crippen LogP contribution in [0, 0.1) is 0 Å². The summed E-state index contributed by atoms with van der Waals surface area (Å²) < 4.78 is 5.42. The first-order chi connectivity index (χ1) is 4.33. The molecule has 0 bridgehead atoms. The van der Waals surface area contributed by atoms with Crippen LogP contribution >= 0.6 is 0 Å². The smallest absolute Gasteiger partial charge is 0.0604 e. The summed E-state index contributed by atoms with van der Waals surface area (Å²) in [6, 6.07) is 0.423. The van der Waals surface area contributed by atoms with Gasteiger partial charge in [-0.25, -0.2) is 0 Å². The number of hydrogen-bond acceptors (Lipinski definition) is 2. The third-order valence-corrected chi connectivity index (χ3v) is 1.69. The molecule has 2 nitrogen and oxygen atoms in total. The van der Waals surface area contributed by atoms with E-state index in [2.05, 4.69) is 6.92 Å². The molecule has 1 aliphatic carbocycles. The molecule has 0 amide bonds. The van der Waals surface area contributed by atoms with E-state index in [9.17, 15) is 0 Å². The zero-order chi connectivity index (χ0) is 6.69. The number of nitrogens with two attached hydrogens (primary N) is 1. The minimum atomic E-state index is 0.423. The zero-order valence-corrected chi connectivity index (χ0v) is 5.97. The van der Waals surface area contributed by atoms with Gasteiger partial charge < -0.3 is 10.5 Å². The van der Waals surface area contributed by atoms with Crippen molar-refractivity contribution in [3.05, 3.63) is 0 Å². The van der Waals surface area contributed by atoms with Crippen molar-refractivity contribution in [1.82, 2.24) is 0 Å². The molecule has 0 aliphatic heterocycles. The first kappa shape index (κ1) is 7.03. The van der Waals surface area contributed by atoms with Gasteiger partial charge in [0.15, 0.2) is 0 Å². The van der Waals surface area contributed by atoms with Crippen LogP contribution in [0.5, 0.6) is 0 Å². The quantitative estimate of drug-likeness (QED) is 0.614.